The minimum Gasteiger partial charge on any atom is -0.390 e. The van der Waals surface area contributed by atoms with Gasteiger partial charge in [0.2, 0.25) is 0 Å². The highest BCUT2D eigenvalue weighted by atomic mass is 16.7. The minimum atomic E-state index is -0.768. The molecule has 0 fully saturated rings. The van der Waals surface area contributed by atoms with Crippen LogP contribution >= 0.6 is 0 Å². The van der Waals surface area contributed by atoms with Gasteiger partial charge < -0.3 is 9.84 Å². The number of hydroxylamine groups is 1. The third-order valence-electron chi connectivity index (χ3n) is 2.72. The lowest BCUT2D eigenvalue weighted by atomic mass is 10.3. The molecule has 20 heavy (non-hydrogen) atoms. The Kier molecular flexibility index (Phi) is 6.52. The smallest absolute Gasteiger partial charge is 0.312 e. The number of nitrogens with zero attached hydrogens (tertiary/aromatic N) is 3. The van der Waals surface area contributed by atoms with E-state index < -0.39 is 11.0 Å². The van der Waals surface area contributed by atoms with Crippen molar-refractivity contribution in [1.82, 2.24) is 15.3 Å². The highest BCUT2D eigenvalue weighted by molar-refractivity contribution is 5.39. The van der Waals surface area contributed by atoms with Gasteiger partial charge in [-0.3, -0.25) is 19.6 Å². The van der Waals surface area contributed by atoms with Crippen LogP contribution in [0.2, 0.25) is 0 Å². The van der Waals surface area contributed by atoms with Crippen molar-refractivity contribution < 1.29 is 19.6 Å². The number of rotatable bonds is 9. The average molecular weight is 288 g/mol. The third kappa shape index (κ3) is 4.53. The van der Waals surface area contributed by atoms with Crippen LogP contribution in [0.4, 0.5) is 5.69 Å². The van der Waals surface area contributed by atoms with Gasteiger partial charge in [0, 0.05) is 13.7 Å². The first-order valence-electron chi connectivity index (χ1n) is 6.17. The Hall–Kier alpha value is -1.55. The standard InChI is InChI=1S/C11H20N4O5/c1-8-11(15(17)18)9(2)14(13-8)7-10(16)6-12-20-5-4-19-3/h10,12,16H,4-7H2,1-3H3. The van der Waals surface area contributed by atoms with Crippen molar-refractivity contribution in [3.63, 3.8) is 0 Å². The van der Waals surface area contributed by atoms with E-state index in [1.807, 2.05) is 0 Å². The molecule has 1 atom stereocenters. The van der Waals surface area contributed by atoms with E-state index in [4.69, 9.17) is 9.57 Å². The Morgan fingerprint density at radius 1 is 1.50 bits per heavy atom. The van der Waals surface area contributed by atoms with E-state index in [9.17, 15) is 15.2 Å². The molecule has 0 saturated carbocycles. The first-order chi connectivity index (χ1) is 9.47. The van der Waals surface area contributed by atoms with Gasteiger partial charge in [0.15, 0.2) is 0 Å². The van der Waals surface area contributed by atoms with Crippen LogP contribution in [0, 0.1) is 24.0 Å². The van der Waals surface area contributed by atoms with Crippen molar-refractivity contribution in [3.05, 3.63) is 21.5 Å². The summed E-state index contributed by atoms with van der Waals surface area (Å²) in [7, 11) is 1.56. The molecule has 9 heteroatoms. The van der Waals surface area contributed by atoms with E-state index in [0.717, 1.165) is 0 Å². The summed E-state index contributed by atoms with van der Waals surface area (Å²) in [4.78, 5) is 15.4. The number of aryl methyl sites for hydroxylation is 1. The van der Waals surface area contributed by atoms with Crippen LogP contribution in [0.3, 0.4) is 0 Å². The zero-order valence-corrected chi connectivity index (χ0v) is 11.8. The van der Waals surface area contributed by atoms with Gasteiger partial charge in [0.05, 0.1) is 30.8 Å². The van der Waals surface area contributed by atoms with Crippen LogP contribution in [0.1, 0.15) is 11.4 Å². The summed E-state index contributed by atoms with van der Waals surface area (Å²) in [6, 6.07) is 0. The Labute approximate surface area is 116 Å². The van der Waals surface area contributed by atoms with Crippen LogP contribution < -0.4 is 5.48 Å². The van der Waals surface area contributed by atoms with Gasteiger partial charge in [0.25, 0.3) is 0 Å². The molecule has 0 aliphatic carbocycles. The highest BCUT2D eigenvalue weighted by Gasteiger charge is 2.22. The van der Waals surface area contributed by atoms with Crippen LogP contribution in [0.5, 0.6) is 0 Å². The van der Waals surface area contributed by atoms with Gasteiger partial charge >= 0.3 is 5.69 Å². The number of aliphatic hydroxyl groups is 1. The second-order valence-corrected chi connectivity index (χ2v) is 4.30. The molecule has 0 aromatic carbocycles. The fourth-order valence-corrected chi connectivity index (χ4v) is 1.75. The summed E-state index contributed by atoms with van der Waals surface area (Å²) in [5.74, 6) is 0. The molecule has 0 saturated heterocycles. The van der Waals surface area contributed by atoms with Gasteiger partial charge in [-0.25, -0.2) is 0 Å². The molecule has 0 aliphatic heterocycles. The molecule has 1 rings (SSSR count). The van der Waals surface area contributed by atoms with E-state index >= 15 is 0 Å². The number of nitrogens with one attached hydrogen (secondary N) is 1. The summed E-state index contributed by atoms with van der Waals surface area (Å²) >= 11 is 0. The van der Waals surface area contributed by atoms with Crippen molar-refractivity contribution in [2.24, 2.45) is 0 Å². The zero-order valence-electron chi connectivity index (χ0n) is 11.8. The van der Waals surface area contributed by atoms with E-state index in [2.05, 4.69) is 10.6 Å². The largest absolute Gasteiger partial charge is 0.390 e. The van der Waals surface area contributed by atoms with Gasteiger partial charge in [-0.1, -0.05) is 0 Å². The van der Waals surface area contributed by atoms with Gasteiger partial charge in [-0.15, -0.1) is 0 Å². The molecule has 0 radical (unpaired) electrons. The predicted octanol–water partition coefficient (Wildman–Crippen LogP) is -0.0634. The maximum absolute atomic E-state index is 10.9. The molecule has 1 unspecified atom stereocenters. The Bertz CT molecular complexity index is 448. The summed E-state index contributed by atoms with van der Waals surface area (Å²) in [5, 5.41) is 24.7. The van der Waals surface area contributed by atoms with Crippen LogP contribution in [-0.4, -0.2) is 52.8 Å². The topological polar surface area (TPSA) is 112 Å². The third-order valence-corrected chi connectivity index (χ3v) is 2.72. The van der Waals surface area contributed by atoms with E-state index in [1.54, 1.807) is 21.0 Å². The van der Waals surface area contributed by atoms with E-state index in [0.29, 0.717) is 24.6 Å². The number of ether oxygens (including phenoxy) is 1. The molecular formula is C11H20N4O5. The van der Waals surface area contributed by atoms with E-state index in [1.165, 1.54) is 4.68 Å². The summed E-state index contributed by atoms with van der Waals surface area (Å²) in [6.45, 7) is 4.34. The number of methoxy groups -OCH3 is 1. The van der Waals surface area contributed by atoms with Crippen molar-refractivity contribution in [2.45, 2.75) is 26.5 Å². The lowest BCUT2D eigenvalue weighted by Crippen LogP contribution is -2.31. The van der Waals surface area contributed by atoms with Crippen molar-refractivity contribution in [1.29, 1.82) is 0 Å². The Balaban J connectivity index is 2.48. The van der Waals surface area contributed by atoms with Gasteiger partial charge in [-0.2, -0.15) is 10.6 Å². The molecule has 114 valence electrons. The van der Waals surface area contributed by atoms with E-state index in [-0.39, 0.29) is 18.8 Å². The maximum Gasteiger partial charge on any atom is 0.312 e. The molecule has 0 aliphatic rings. The number of aromatic nitrogens is 2. The summed E-state index contributed by atoms with van der Waals surface area (Å²) < 4.78 is 6.22. The van der Waals surface area contributed by atoms with Crippen molar-refractivity contribution in [2.75, 3.05) is 26.9 Å². The average Bonchev–Trinajstić information content (AvgIpc) is 2.64. The lowest BCUT2D eigenvalue weighted by Gasteiger charge is -2.12. The lowest BCUT2D eigenvalue weighted by molar-refractivity contribution is -0.386. The van der Waals surface area contributed by atoms with Crippen molar-refractivity contribution >= 4 is 5.69 Å². The molecular weight excluding hydrogens is 268 g/mol. The van der Waals surface area contributed by atoms with Crippen molar-refractivity contribution in [3.8, 4) is 0 Å². The SMILES string of the molecule is COCCONCC(O)Cn1nc(C)c([N+](=O)[O-])c1C. The molecule has 1 heterocycles. The van der Waals surface area contributed by atoms with Crippen LogP contribution in [-0.2, 0) is 16.1 Å². The molecule has 0 spiro atoms. The first kappa shape index (κ1) is 16.5. The number of hydrogen-bond acceptors (Lipinski definition) is 7. The quantitative estimate of drug-likeness (QED) is 0.372. The predicted molar refractivity (Wildman–Crippen MR) is 70.2 cm³/mol. The Morgan fingerprint density at radius 3 is 2.75 bits per heavy atom. The fourth-order valence-electron chi connectivity index (χ4n) is 1.75. The molecule has 1 aromatic rings. The molecule has 2 N–H and O–H groups in total. The second kappa shape index (κ2) is 7.90. The highest BCUT2D eigenvalue weighted by Crippen LogP contribution is 2.21. The number of nitro groups is 1. The minimum absolute atomic E-state index is 0.0125. The molecule has 0 amide bonds. The normalized spacial score (nSPS) is 12.6. The monoisotopic (exact) mass is 288 g/mol. The zero-order chi connectivity index (χ0) is 15.1. The van der Waals surface area contributed by atoms with Gasteiger partial charge in [0.1, 0.15) is 11.4 Å². The second-order valence-electron chi connectivity index (χ2n) is 4.30. The first-order valence-corrected chi connectivity index (χ1v) is 6.17. The maximum atomic E-state index is 10.9. The van der Waals surface area contributed by atoms with Gasteiger partial charge in [-0.05, 0) is 13.8 Å². The van der Waals surface area contributed by atoms with Crippen LogP contribution in [0.25, 0.3) is 0 Å². The number of aliphatic hydroxyl groups excluding tert-OH is 1. The summed E-state index contributed by atoms with van der Waals surface area (Å²) in [5.41, 5.74) is 3.35. The Morgan fingerprint density at radius 2 is 2.20 bits per heavy atom. The molecule has 1 aromatic heterocycles. The molecule has 9 nitrogen and oxygen atoms in total. The fraction of sp³-hybridized carbons (Fsp3) is 0.727. The molecule has 0 bridgehead atoms. The number of hydrogen-bond donors (Lipinski definition) is 2. The summed E-state index contributed by atoms with van der Waals surface area (Å²) in [6.07, 6.45) is -0.768. The van der Waals surface area contributed by atoms with Crippen LogP contribution in [0.15, 0.2) is 0 Å².